The van der Waals surface area contributed by atoms with Gasteiger partial charge >= 0.3 is 0 Å². The van der Waals surface area contributed by atoms with E-state index in [1.807, 2.05) is 4.90 Å². The number of likely N-dealkylation sites (tertiary alicyclic amines) is 1. The molecule has 2 fully saturated rings. The van der Waals surface area contributed by atoms with Crippen molar-refractivity contribution in [3.8, 4) is 0 Å². The van der Waals surface area contributed by atoms with E-state index < -0.39 is 0 Å². The van der Waals surface area contributed by atoms with Gasteiger partial charge < -0.3 is 9.80 Å². The van der Waals surface area contributed by atoms with Crippen molar-refractivity contribution in [3.05, 3.63) is 18.1 Å². The lowest BCUT2D eigenvalue weighted by molar-refractivity contribution is 0.0691. The highest BCUT2D eigenvalue weighted by Crippen LogP contribution is 2.19. The molecule has 0 saturated carbocycles. The van der Waals surface area contributed by atoms with Crippen molar-refractivity contribution < 1.29 is 4.79 Å². The molecule has 0 bridgehead atoms. The zero-order chi connectivity index (χ0) is 14.7. The Balaban J connectivity index is 1.64. The Bertz CT molecular complexity index is 474. The Kier molecular flexibility index (Phi) is 4.36. The van der Waals surface area contributed by atoms with Gasteiger partial charge in [0.15, 0.2) is 0 Å². The number of hydrogen-bond acceptors (Lipinski definition) is 4. The van der Waals surface area contributed by atoms with Gasteiger partial charge in [-0.15, -0.1) is 0 Å². The number of nitrogens with zero attached hydrogens (tertiary/aromatic N) is 4. The van der Waals surface area contributed by atoms with Crippen molar-refractivity contribution in [2.75, 3.05) is 31.1 Å². The van der Waals surface area contributed by atoms with Crippen molar-refractivity contribution in [2.45, 2.75) is 39.0 Å². The molecule has 21 heavy (non-hydrogen) atoms. The van der Waals surface area contributed by atoms with Crippen LogP contribution in [0.25, 0.3) is 0 Å². The van der Waals surface area contributed by atoms with Gasteiger partial charge in [-0.25, -0.2) is 9.97 Å². The van der Waals surface area contributed by atoms with Crippen LogP contribution in [0.3, 0.4) is 0 Å². The third-order valence-electron chi connectivity index (χ3n) is 4.61. The molecule has 5 nitrogen and oxygen atoms in total. The quantitative estimate of drug-likeness (QED) is 0.838. The van der Waals surface area contributed by atoms with E-state index in [1.54, 1.807) is 12.4 Å². The van der Waals surface area contributed by atoms with E-state index in [1.165, 1.54) is 19.3 Å². The van der Waals surface area contributed by atoms with Crippen LogP contribution in [0.1, 0.15) is 49.5 Å². The fraction of sp³-hybridized carbons (Fsp3) is 0.688. The standard InChI is InChI=1S/C16H24N4O/c1-13-5-9-20(10-6-13)16(21)14-11-18-15(12-17-14)19-7-3-2-4-8-19/h11-13H,2-10H2,1H3. The average molecular weight is 288 g/mol. The number of anilines is 1. The molecule has 0 spiro atoms. The number of carbonyl (C=O) groups excluding carboxylic acids is 1. The van der Waals surface area contributed by atoms with Crippen LogP contribution in [0.5, 0.6) is 0 Å². The molecule has 2 aliphatic heterocycles. The summed E-state index contributed by atoms with van der Waals surface area (Å²) in [5.41, 5.74) is 0.477. The second-order valence-electron chi connectivity index (χ2n) is 6.28. The number of hydrogen-bond donors (Lipinski definition) is 0. The van der Waals surface area contributed by atoms with E-state index >= 15 is 0 Å². The van der Waals surface area contributed by atoms with Gasteiger partial charge in [0.1, 0.15) is 11.5 Å². The van der Waals surface area contributed by atoms with Crippen molar-refractivity contribution in [1.29, 1.82) is 0 Å². The Labute approximate surface area is 126 Å². The first-order valence-electron chi connectivity index (χ1n) is 8.10. The number of carbonyl (C=O) groups is 1. The van der Waals surface area contributed by atoms with E-state index in [9.17, 15) is 4.79 Å². The average Bonchev–Trinajstić information content (AvgIpc) is 2.56. The van der Waals surface area contributed by atoms with Gasteiger partial charge in [-0.3, -0.25) is 4.79 Å². The van der Waals surface area contributed by atoms with E-state index in [4.69, 9.17) is 0 Å². The molecule has 0 aromatic carbocycles. The van der Waals surface area contributed by atoms with E-state index in [0.717, 1.165) is 50.8 Å². The number of amides is 1. The number of aromatic nitrogens is 2. The summed E-state index contributed by atoms with van der Waals surface area (Å²) in [6, 6.07) is 0. The molecular formula is C16H24N4O. The summed E-state index contributed by atoms with van der Waals surface area (Å²) in [6.07, 6.45) is 9.31. The molecule has 0 atom stereocenters. The summed E-state index contributed by atoms with van der Waals surface area (Å²) in [5.74, 6) is 1.65. The minimum Gasteiger partial charge on any atom is -0.355 e. The molecule has 1 aromatic rings. The van der Waals surface area contributed by atoms with Crippen molar-refractivity contribution in [1.82, 2.24) is 14.9 Å². The van der Waals surface area contributed by atoms with Crippen LogP contribution in [-0.4, -0.2) is 47.0 Å². The summed E-state index contributed by atoms with van der Waals surface area (Å²) in [4.78, 5) is 25.4. The van der Waals surface area contributed by atoms with Gasteiger partial charge in [0.05, 0.1) is 12.4 Å². The predicted molar refractivity (Wildman–Crippen MR) is 82.4 cm³/mol. The second-order valence-corrected chi connectivity index (χ2v) is 6.28. The normalized spacial score (nSPS) is 20.6. The molecule has 0 unspecified atom stereocenters. The van der Waals surface area contributed by atoms with Crippen LogP contribution in [-0.2, 0) is 0 Å². The molecular weight excluding hydrogens is 264 g/mol. The molecule has 3 heterocycles. The molecule has 1 aromatic heterocycles. The van der Waals surface area contributed by atoms with Crippen LogP contribution in [0.15, 0.2) is 12.4 Å². The van der Waals surface area contributed by atoms with Crippen LogP contribution in [0.2, 0.25) is 0 Å². The topological polar surface area (TPSA) is 49.3 Å². The molecule has 5 heteroatoms. The monoisotopic (exact) mass is 288 g/mol. The van der Waals surface area contributed by atoms with Crippen LogP contribution < -0.4 is 4.90 Å². The maximum atomic E-state index is 12.4. The minimum absolute atomic E-state index is 0.0274. The number of rotatable bonds is 2. The van der Waals surface area contributed by atoms with Crippen LogP contribution >= 0.6 is 0 Å². The van der Waals surface area contributed by atoms with E-state index in [-0.39, 0.29) is 5.91 Å². The zero-order valence-electron chi connectivity index (χ0n) is 12.8. The molecule has 0 N–H and O–H groups in total. The fourth-order valence-corrected chi connectivity index (χ4v) is 3.09. The third kappa shape index (κ3) is 3.34. The maximum Gasteiger partial charge on any atom is 0.274 e. The SMILES string of the molecule is CC1CCN(C(=O)c2cnc(N3CCCCC3)cn2)CC1. The van der Waals surface area contributed by atoms with Gasteiger partial charge in [0, 0.05) is 26.2 Å². The molecule has 0 radical (unpaired) electrons. The first-order chi connectivity index (χ1) is 10.2. The molecule has 2 aliphatic rings. The van der Waals surface area contributed by atoms with E-state index in [0.29, 0.717) is 5.69 Å². The largest absolute Gasteiger partial charge is 0.355 e. The Morgan fingerprint density at radius 1 is 1.05 bits per heavy atom. The van der Waals surface area contributed by atoms with Gasteiger partial charge in [-0.2, -0.15) is 0 Å². The Morgan fingerprint density at radius 2 is 1.76 bits per heavy atom. The van der Waals surface area contributed by atoms with Gasteiger partial charge in [-0.1, -0.05) is 6.92 Å². The van der Waals surface area contributed by atoms with Crippen LogP contribution in [0.4, 0.5) is 5.82 Å². The predicted octanol–water partition coefficient (Wildman–Crippen LogP) is 2.34. The second kappa shape index (κ2) is 6.41. The first-order valence-corrected chi connectivity index (χ1v) is 8.10. The number of piperidine rings is 2. The highest BCUT2D eigenvalue weighted by molar-refractivity contribution is 5.92. The third-order valence-corrected chi connectivity index (χ3v) is 4.61. The summed E-state index contributed by atoms with van der Waals surface area (Å²) < 4.78 is 0. The van der Waals surface area contributed by atoms with Gasteiger partial charge in [0.2, 0.25) is 0 Å². The van der Waals surface area contributed by atoms with Crippen molar-refractivity contribution in [2.24, 2.45) is 5.92 Å². The highest BCUT2D eigenvalue weighted by Gasteiger charge is 2.23. The summed E-state index contributed by atoms with van der Waals surface area (Å²) in [7, 11) is 0. The smallest absolute Gasteiger partial charge is 0.274 e. The summed E-state index contributed by atoms with van der Waals surface area (Å²) in [6.45, 7) is 6.03. The maximum absolute atomic E-state index is 12.4. The first kappa shape index (κ1) is 14.3. The highest BCUT2D eigenvalue weighted by atomic mass is 16.2. The Hall–Kier alpha value is -1.65. The molecule has 1 amide bonds. The summed E-state index contributed by atoms with van der Waals surface area (Å²) in [5, 5.41) is 0. The van der Waals surface area contributed by atoms with Gasteiger partial charge in [0.25, 0.3) is 5.91 Å². The van der Waals surface area contributed by atoms with Gasteiger partial charge in [-0.05, 0) is 38.0 Å². The van der Waals surface area contributed by atoms with Crippen molar-refractivity contribution >= 4 is 11.7 Å². The van der Waals surface area contributed by atoms with Crippen molar-refractivity contribution in [3.63, 3.8) is 0 Å². The zero-order valence-corrected chi connectivity index (χ0v) is 12.8. The van der Waals surface area contributed by atoms with E-state index in [2.05, 4.69) is 21.8 Å². The lowest BCUT2D eigenvalue weighted by Crippen LogP contribution is -2.38. The lowest BCUT2D eigenvalue weighted by Gasteiger charge is -2.30. The molecule has 0 aliphatic carbocycles. The summed E-state index contributed by atoms with van der Waals surface area (Å²) >= 11 is 0. The van der Waals surface area contributed by atoms with Crippen LogP contribution in [0, 0.1) is 5.92 Å². The lowest BCUT2D eigenvalue weighted by atomic mass is 9.99. The Morgan fingerprint density at radius 3 is 2.38 bits per heavy atom. The molecule has 3 rings (SSSR count). The molecule has 2 saturated heterocycles. The molecule has 114 valence electrons. The fourth-order valence-electron chi connectivity index (χ4n) is 3.09. The minimum atomic E-state index is 0.0274.